The minimum atomic E-state index is -0.126. The molecule has 0 amide bonds. The van der Waals surface area contributed by atoms with Gasteiger partial charge in [0.05, 0.1) is 0 Å². The van der Waals surface area contributed by atoms with E-state index in [4.69, 9.17) is 4.42 Å². The zero-order chi connectivity index (χ0) is 15.5. The van der Waals surface area contributed by atoms with Crippen LogP contribution in [-0.4, -0.2) is 29.8 Å². The van der Waals surface area contributed by atoms with Crippen molar-refractivity contribution in [2.45, 2.75) is 39.2 Å². The second kappa shape index (κ2) is 6.16. The standard InChI is InChI=1S/C16H24N4O/c1-12(20(5)13-9-7-6-8-10-13)11-17-15-19-18-14(21-15)16(2,3)4/h6-10,12H,11H2,1-5H3,(H,17,19). The van der Waals surface area contributed by atoms with Gasteiger partial charge in [-0.1, -0.05) is 44.1 Å². The first kappa shape index (κ1) is 15.4. The summed E-state index contributed by atoms with van der Waals surface area (Å²) in [5, 5.41) is 11.3. The smallest absolute Gasteiger partial charge is 0.315 e. The third-order valence-electron chi connectivity index (χ3n) is 3.44. The Morgan fingerprint density at radius 3 is 2.43 bits per heavy atom. The van der Waals surface area contributed by atoms with Gasteiger partial charge in [0.15, 0.2) is 0 Å². The molecule has 0 radical (unpaired) electrons. The van der Waals surface area contributed by atoms with E-state index in [0.717, 1.165) is 6.54 Å². The quantitative estimate of drug-likeness (QED) is 0.915. The Balaban J connectivity index is 1.92. The van der Waals surface area contributed by atoms with Gasteiger partial charge in [-0.3, -0.25) is 0 Å². The van der Waals surface area contributed by atoms with Crippen molar-refractivity contribution < 1.29 is 4.42 Å². The normalized spacial score (nSPS) is 13.0. The van der Waals surface area contributed by atoms with Crippen LogP contribution in [0, 0.1) is 0 Å². The van der Waals surface area contributed by atoms with Gasteiger partial charge in [0.1, 0.15) is 0 Å². The van der Waals surface area contributed by atoms with Gasteiger partial charge in [0.25, 0.3) is 0 Å². The van der Waals surface area contributed by atoms with Crippen LogP contribution in [0.4, 0.5) is 11.7 Å². The van der Waals surface area contributed by atoms with Crippen LogP contribution in [0.25, 0.3) is 0 Å². The summed E-state index contributed by atoms with van der Waals surface area (Å²) in [5.41, 5.74) is 1.06. The molecule has 2 rings (SSSR count). The molecule has 0 aliphatic heterocycles. The van der Waals surface area contributed by atoms with Gasteiger partial charge in [-0.15, -0.1) is 5.10 Å². The monoisotopic (exact) mass is 288 g/mol. The van der Waals surface area contributed by atoms with Crippen LogP contribution in [0.1, 0.15) is 33.6 Å². The number of rotatable bonds is 5. The van der Waals surface area contributed by atoms with E-state index in [1.807, 2.05) is 18.2 Å². The third kappa shape index (κ3) is 3.97. The lowest BCUT2D eigenvalue weighted by Crippen LogP contribution is -2.34. The molecule has 0 saturated heterocycles. The second-order valence-electron chi connectivity index (χ2n) is 6.34. The highest BCUT2D eigenvalue weighted by molar-refractivity contribution is 5.46. The summed E-state index contributed by atoms with van der Waals surface area (Å²) in [4.78, 5) is 2.22. The van der Waals surface area contributed by atoms with Gasteiger partial charge in [0.2, 0.25) is 5.89 Å². The van der Waals surface area contributed by atoms with Crippen molar-refractivity contribution in [3.05, 3.63) is 36.2 Å². The van der Waals surface area contributed by atoms with Crippen molar-refractivity contribution >= 4 is 11.7 Å². The molecular weight excluding hydrogens is 264 g/mol. The minimum Gasteiger partial charge on any atom is -0.408 e. The predicted molar refractivity (Wildman–Crippen MR) is 85.8 cm³/mol. The molecular formula is C16H24N4O. The summed E-state index contributed by atoms with van der Waals surface area (Å²) in [6, 6.07) is 11.1. The maximum absolute atomic E-state index is 5.63. The largest absolute Gasteiger partial charge is 0.408 e. The number of anilines is 2. The molecule has 0 aliphatic carbocycles. The van der Waals surface area contributed by atoms with E-state index < -0.39 is 0 Å². The van der Waals surface area contributed by atoms with Crippen LogP contribution in [0.3, 0.4) is 0 Å². The van der Waals surface area contributed by atoms with Crippen LogP contribution in [0.15, 0.2) is 34.7 Å². The fraction of sp³-hybridized carbons (Fsp3) is 0.500. The Kier molecular flexibility index (Phi) is 4.50. The van der Waals surface area contributed by atoms with E-state index in [0.29, 0.717) is 17.9 Å². The van der Waals surface area contributed by atoms with Crippen LogP contribution in [0.5, 0.6) is 0 Å². The van der Waals surface area contributed by atoms with E-state index in [1.165, 1.54) is 5.69 Å². The number of para-hydroxylation sites is 1. The zero-order valence-electron chi connectivity index (χ0n) is 13.4. The Bertz CT molecular complexity index is 559. The molecule has 1 aromatic heterocycles. The number of hydrogen-bond donors (Lipinski definition) is 1. The van der Waals surface area contributed by atoms with Crippen molar-refractivity contribution in [2.24, 2.45) is 0 Å². The van der Waals surface area contributed by atoms with Gasteiger partial charge < -0.3 is 14.6 Å². The van der Waals surface area contributed by atoms with Crippen molar-refractivity contribution in [3.63, 3.8) is 0 Å². The lowest BCUT2D eigenvalue weighted by Gasteiger charge is -2.26. The summed E-state index contributed by atoms with van der Waals surface area (Å²) < 4.78 is 5.63. The van der Waals surface area contributed by atoms with Crippen LogP contribution in [-0.2, 0) is 5.41 Å². The molecule has 1 aromatic carbocycles. The Labute approximate surface area is 126 Å². The van der Waals surface area contributed by atoms with E-state index in [1.54, 1.807) is 0 Å². The average molecular weight is 288 g/mol. The van der Waals surface area contributed by atoms with Crippen LogP contribution < -0.4 is 10.2 Å². The molecule has 1 atom stereocenters. The fourth-order valence-corrected chi connectivity index (χ4v) is 1.89. The highest BCUT2D eigenvalue weighted by atomic mass is 16.4. The molecule has 5 heteroatoms. The number of hydrogen-bond acceptors (Lipinski definition) is 5. The Morgan fingerprint density at radius 2 is 1.86 bits per heavy atom. The lowest BCUT2D eigenvalue weighted by atomic mass is 9.97. The SMILES string of the molecule is CC(CNc1nnc(C(C)(C)C)o1)N(C)c1ccccc1. The molecule has 0 bridgehead atoms. The third-order valence-corrected chi connectivity index (χ3v) is 3.44. The number of nitrogens with one attached hydrogen (secondary N) is 1. The van der Waals surface area contributed by atoms with Gasteiger partial charge in [0, 0.05) is 30.7 Å². The lowest BCUT2D eigenvalue weighted by molar-refractivity contribution is 0.399. The first-order valence-electron chi connectivity index (χ1n) is 7.23. The fourth-order valence-electron chi connectivity index (χ4n) is 1.89. The summed E-state index contributed by atoms with van der Waals surface area (Å²) in [7, 11) is 2.08. The van der Waals surface area contributed by atoms with Crippen molar-refractivity contribution in [1.29, 1.82) is 0 Å². The van der Waals surface area contributed by atoms with Crippen molar-refractivity contribution in [2.75, 3.05) is 23.8 Å². The minimum absolute atomic E-state index is 0.126. The molecule has 1 N–H and O–H groups in total. The molecule has 1 unspecified atom stereocenters. The molecule has 0 spiro atoms. The Morgan fingerprint density at radius 1 is 1.19 bits per heavy atom. The average Bonchev–Trinajstić information content (AvgIpc) is 2.94. The first-order valence-corrected chi connectivity index (χ1v) is 7.23. The predicted octanol–water partition coefficient (Wildman–Crippen LogP) is 3.30. The van der Waals surface area contributed by atoms with Gasteiger partial charge >= 0.3 is 6.01 Å². The summed E-state index contributed by atoms with van der Waals surface area (Å²) in [5.74, 6) is 0.647. The van der Waals surface area contributed by atoms with Gasteiger partial charge in [-0.05, 0) is 19.1 Å². The number of aromatic nitrogens is 2. The molecule has 21 heavy (non-hydrogen) atoms. The number of likely N-dealkylation sites (N-methyl/N-ethyl adjacent to an activating group) is 1. The van der Waals surface area contributed by atoms with Crippen LogP contribution >= 0.6 is 0 Å². The summed E-state index contributed by atoms with van der Waals surface area (Å²) in [6.45, 7) is 9.04. The highest BCUT2D eigenvalue weighted by Crippen LogP contribution is 2.22. The van der Waals surface area contributed by atoms with Crippen molar-refractivity contribution in [3.8, 4) is 0 Å². The maximum Gasteiger partial charge on any atom is 0.315 e. The molecule has 2 aromatic rings. The highest BCUT2D eigenvalue weighted by Gasteiger charge is 2.21. The van der Waals surface area contributed by atoms with Crippen molar-refractivity contribution in [1.82, 2.24) is 10.2 Å². The Hall–Kier alpha value is -2.04. The summed E-state index contributed by atoms with van der Waals surface area (Å²) in [6.07, 6.45) is 0. The number of nitrogens with zero attached hydrogens (tertiary/aromatic N) is 3. The van der Waals surface area contributed by atoms with Gasteiger partial charge in [-0.2, -0.15) is 0 Å². The van der Waals surface area contributed by atoms with E-state index in [2.05, 4.69) is 67.3 Å². The van der Waals surface area contributed by atoms with E-state index in [-0.39, 0.29) is 5.41 Å². The van der Waals surface area contributed by atoms with E-state index in [9.17, 15) is 0 Å². The maximum atomic E-state index is 5.63. The molecule has 0 saturated carbocycles. The van der Waals surface area contributed by atoms with Gasteiger partial charge in [-0.25, -0.2) is 0 Å². The van der Waals surface area contributed by atoms with E-state index >= 15 is 0 Å². The van der Waals surface area contributed by atoms with Crippen LogP contribution in [0.2, 0.25) is 0 Å². The molecule has 0 fully saturated rings. The topological polar surface area (TPSA) is 54.2 Å². The zero-order valence-corrected chi connectivity index (χ0v) is 13.4. The second-order valence-corrected chi connectivity index (χ2v) is 6.34. The first-order chi connectivity index (χ1) is 9.88. The number of benzene rings is 1. The molecule has 1 heterocycles. The summed E-state index contributed by atoms with van der Waals surface area (Å²) >= 11 is 0. The molecule has 114 valence electrons. The molecule has 5 nitrogen and oxygen atoms in total. The molecule has 0 aliphatic rings.